The number of carbonyl (C=O) groups excluding carboxylic acids is 1. The number of hydrogen-bond acceptors (Lipinski definition) is 6. The van der Waals surface area contributed by atoms with E-state index in [2.05, 4.69) is 0 Å². The predicted molar refractivity (Wildman–Crippen MR) is 79.4 cm³/mol. The number of fused-ring (bicyclic) bond motifs is 1. The van der Waals surface area contributed by atoms with Crippen molar-refractivity contribution in [3.05, 3.63) is 35.9 Å². The zero-order chi connectivity index (χ0) is 15.7. The molecule has 0 aromatic heterocycles. The standard InChI is InChI=1S/C15H19NO5S/c1-22(18,19)21-14-7-12-9-16(10-13(12)8-14)20-15(17)11-5-3-2-4-6-11/h2-6,12-14H,7-10H2,1H3/t12-,13?,14?/m0/s1. The summed E-state index contributed by atoms with van der Waals surface area (Å²) in [5, 5.41) is 1.68. The van der Waals surface area contributed by atoms with Crippen LogP contribution in [0.3, 0.4) is 0 Å². The number of rotatable bonds is 4. The van der Waals surface area contributed by atoms with E-state index in [0.717, 1.165) is 6.26 Å². The lowest BCUT2D eigenvalue weighted by atomic mass is 10.0. The Bertz CT molecular complexity index is 631. The third-order valence-corrected chi connectivity index (χ3v) is 4.83. The number of hydrogen-bond donors (Lipinski definition) is 0. The molecule has 2 fully saturated rings. The lowest BCUT2D eigenvalue weighted by Gasteiger charge is -2.18. The molecule has 1 aliphatic carbocycles. The van der Waals surface area contributed by atoms with Gasteiger partial charge in [0.1, 0.15) is 0 Å². The van der Waals surface area contributed by atoms with Crippen molar-refractivity contribution >= 4 is 16.1 Å². The monoisotopic (exact) mass is 325 g/mol. The maximum absolute atomic E-state index is 12.0. The van der Waals surface area contributed by atoms with Crippen LogP contribution >= 0.6 is 0 Å². The van der Waals surface area contributed by atoms with E-state index in [-0.39, 0.29) is 12.1 Å². The van der Waals surface area contributed by atoms with Gasteiger partial charge in [0.15, 0.2) is 0 Å². The summed E-state index contributed by atoms with van der Waals surface area (Å²) < 4.78 is 27.4. The van der Waals surface area contributed by atoms with Crippen LogP contribution in [0.15, 0.2) is 30.3 Å². The molecule has 1 aliphatic heterocycles. The number of nitrogens with zero attached hydrogens (tertiary/aromatic N) is 1. The van der Waals surface area contributed by atoms with Crippen molar-refractivity contribution in [2.45, 2.75) is 18.9 Å². The summed E-state index contributed by atoms with van der Waals surface area (Å²) in [5.41, 5.74) is 0.526. The Morgan fingerprint density at radius 1 is 1.14 bits per heavy atom. The van der Waals surface area contributed by atoms with Gasteiger partial charge in [-0.2, -0.15) is 8.42 Å². The Hall–Kier alpha value is -1.44. The first kappa shape index (κ1) is 15.5. The van der Waals surface area contributed by atoms with Crippen LogP contribution < -0.4 is 0 Å². The van der Waals surface area contributed by atoms with Crippen LogP contribution in [0.1, 0.15) is 23.2 Å². The van der Waals surface area contributed by atoms with Crippen LogP contribution in [-0.4, -0.2) is 44.9 Å². The second-order valence-corrected chi connectivity index (χ2v) is 7.61. The third-order valence-electron chi connectivity index (χ3n) is 4.21. The molecule has 0 spiro atoms. The molecule has 22 heavy (non-hydrogen) atoms. The lowest BCUT2D eigenvalue weighted by Crippen LogP contribution is -2.27. The summed E-state index contributed by atoms with van der Waals surface area (Å²) in [6.45, 7) is 1.26. The van der Waals surface area contributed by atoms with Gasteiger partial charge in [0.25, 0.3) is 10.1 Å². The Labute approximate surface area is 130 Å². The van der Waals surface area contributed by atoms with Gasteiger partial charge in [-0.15, -0.1) is 5.06 Å². The van der Waals surface area contributed by atoms with Crippen molar-refractivity contribution in [1.82, 2.24) is 5.06 Å². The minimum atomic E-state index is -3.41. The number of carbonyl (C=O) groups is 1. The van der Waals surface area contributed by atoms with Gasteiger partial charge in [0, 0.05) is 13.1 Å². The van der Waals surface area contributed by atoms with Gasteiger partial charge in [-0.25, -0.2) is 4.79 Å². The molecular weight excluding hydrogens is 306 g/mol. The normalized spacial score (nSPS) is 28.5. The van der Waals surface area contributed by atoms with E-state index in [9.17, 15) is 13.2 Å². The molecule has 1 saturated carbocycles. The molecule has 2 unspecified atom stereocenters. The van der Waals surface area contributed by atoms with Gasteiger partial charge in [-0.05, 0) is 36.8 Å². The smallest absolute Gasteiger partial charge is 0.357 e. The highest BCUT2D eigenvalue weighted by molar-refractivity contribution is 7.86. The van der Waals surface area contributed by atoms with E-state index in [0.29, 0.717) is 43.3 Å². The third kappa shape index (κ3) is 3.66. The highest BCUT2D eigenvalue weighted by atomic mass is 32.2. The average molecular weight is 325 g/mol. The van der Waals surface area contributed by atoms with Crippen LogP contribution in [0.2, 0.25) is 0 Å². The molecule has 2 aliphatic rings. The summed E-state index contributed by atoms with van der Waals surface area (Å²) in [6.07, 6.45) is 2.22. The number of benzene rings is 1. The minimum absolute atomic E-state index is 0.239. The predicted octanol–water partition coefficient (Wildman–Crippen LogP) is 1.44. The molecule has 1 saturated heterocycles. The van der Waals surface area contributed by atoms with Crippen molar-refractivity contribution in [1.29, 1.82) is 0 Å². The van der Waals surface area contributed by atoms with Crippen molar-refractivity contribution in [2.75, 3.05) is 19.3 Å². The molecule has 0 N–H and O–H groups in total. The molecule has 1 aromatic carbocycles. The van der Waals surface area contributed by atoms with Crippen LogP contribution in [0.4, 0.5) is 0 Å². The first-order valence-electron chi connectivity index (χ1n) is 7.31. The molecule has 3 atom stereocenters. The quantitative estimate of drug-likeness (QED) is 0.780. The molecule has 7 heteroatoms. The summed E-state index contributed by atoms with van der Waals surface area (Å²) in [6, 6.07) is 8.87. The van der Waals surface area contributed by atoms with Crippen molar-refractivity contribution in [3.8, 4) is 0 Å². The Kier molecular flexibility index (Phi) is 4.20. The van der Waals surface area contributed by atoms with E-state index in [1.54, 1.807) is 29.3 Å². The molecule has 3 rings (SSSR count). The van der Waals surface area contributed by atoms with Gasteiger partial charge in [-0.1, -0.05) is 18.2 Å². The van der Waals surface area contributed by atoms with Crippen LogP contribution in [0.25, 0.3) is 0 Å². The molecule has 0 radical (unpaired) electrons. The van der Waals surface area contributed by atoms with Crippen molar-refractivity contribution in [2.24, 2.45) is 11.8 Å². The largest absolute Gasteiger partial charge is 0.364 e. The van der Waals surface area contributed by atoms with Crippen LogP contribution in [0.5, 0.6) is 0 Å². The molecule has 6 nitrogen and oxygen atoms in total. The van der Waals surface area contributed by atoms with Crippen molar-refractivity contribution in [3.63, 3.8) is 0 Å². The maximum atomic E-state index is 12.0. The van der Waals surface area contributed by atoms with E-state index < -0.39 is 10.1 Å². The van der Waals surface area contributed by atoms with Crippen LogP contribution in [-0.2, 0) is 19.1 Å². The summed E-state index contributed by atoms with van der Waals surface area (Å²) in [4.78, 5) is 17.4. The Morgan fingerprint density at radius 2 is 1.73 bits per heavy atom. The topological polar surface area (TPSA) is 72.9 Å². The fourth-order valence-electron chi connectivity index (χ4n) is 3.35. The molecule has 0 amide bonds. The van der Waals surface area contributed by atoms with Gasteiger partial charge >= 0.3 is 5.97 Å². The fourth-order valence-corrected chi connectivity index (χ4v) is 4.00. The molecule has 120 valence electrons. The first-order chi connectivity index (χ1) is 10.4. The molecule has 1 heterocycles. The van der Waals surface area contributed by atoms with E-state index >= 15 is 0 Å². The van der Waals surface area contributed by atoms with Crippen LogP contribution in [0, 0.1) is 11.8 Å². The van der Waals surface area contributed by atoms with E-state index in [1.807, 2.05) is 6.07 Å². The second-order valence-electron chi connectivity index (χ2n) is 6.01. The summed E-state index contributed by atoms with van der Waals surface area (Å²) in [5.74, 6) is 0.273. The zero-order valence-corrected chi connectivity index (χ0v) is 13.2. The Balaban J connectivity index is 1.52. The van der Waals surface area contributed by atoms with Gasteiger partial charge in [0.05, 0.1) is 17.9 Å². The molecule has 1 aromatic rings. The summed E-state index contributed by atoms with van der Waals surface area (Å²) in [7, 11) is -3.41. The van der Waals surface area contributed by atoms with E-state index in [4.69, 9.17) is 9.02 Å². The van der Waals surface area contributed by atoms with Gasteiger partial charge in [-0.3, -0.25) is 4.18 Å². The fraction of sp³-hybridized carbons (Fsp3) is 0.533. The van der Waals surface area contributed by atoms with E-state index in [1.165, 1.54) is 0 Å². The Morgan fingerprint density at radius 3 is 2.27 bits per heavy atom. The van der Waals surface area contributed by atoms with Gasteiger partial charge < -0.3 is 4.84 Å². The average Bonchev–Trinajstić information content (AvgIpc) is 2.95. The highest BCUT2D eigenvalue weighted by Gasteiger charge is 2.43. The molecular formula is C15H19NO5S. The number of hydroxylamine groups is 2. The van der Waals surface area contributed by atoms with Gasteiger partial charge in [0.2, 0.25) is 0 Å². The minimum Gasteiger partial charge on any atom is -0.364 e. The van der Waals surface area contributed by atoms with Crippen molar-refractivity contribution < 1.29 is 22.2 Å². The summed E-state index contributed by atoms with van der Waals surface area (Å²) >= 11 is 0. The highest BCUT2D eigenvalue weighted by Crippen LogP contribution is 2.40. The second kappa shape index (κ2) is 5.98. The SMILES string of the molecule is CS(=O)(=O)OC1CC2CN(OC(=O)c3ccccc3)C[C@@H]2C1. The first-order valence-corrected chi connectivity index (χ1v) is 9.13. The maximum Gasteiger partial charge on any atom is 0.357 e. The zero-order valence-electron chi connectivity index (χ0n) is 12.3. The molecule has 0 bridgehead atoms. The lowest BCUT2D eigenvalue weighted by molar-refractivity contribution is -0.0990.